The van der Waals surface area contributed by atoms with Crippen LogP contribution < -0.4 is 0 Å². The summed E-state index contributed by atoms with van der Waals surface area (Å²) in [4.78, 5) is 33.1. The van der Waals surface area contributed by atoms with Crippen LogP contribution in [0.25, 0.3) is 0 Å². The quantitative estimate of drug-likeness (QED) is 0.258. The predicted octanol–water partition coefficient (Wildman–Crippen LogP) is 5.56. The number of carbonyl (C=O) groups is 2. The van der Waals surface area contributed by atoms with Crippen molar-refractivity contribution in [2.45, 2.75) is 61.6 Å². The second kappa shape index (κ2) is 13.6. The van der Waals surface area contributed by atoms with E-state index in [0.29, 0.717) is 6.42 Å². The Hall–Kier alpha value is -3.37. The number of rotatable bonds is 8. The fourth-order valence-electron chi connectivity index (χ4n) is 4.83. The third kappa shape index (κ3) is 7.39. The highest BCUT2D eigenvalue weighted by molar-refractivity contribution is 8.00. The Morgan fingerprint density at radius 3 is 2.41 bits per heavy atom. The van der Waals surface area contributed by atoms with Crippen LogP contribution in [-0.4, -0.2) is 62.2 Å². The number of hydrogen-bond acceptors (Lipinski definition) is 8. The molecule has 0 aliphatic carbocycles. The lowest BCUT2D eigenvalue weighted by Crippen LogP contribution is -2.63. The Labute approximate surface area is 238 Å². The van der Waals surface area contributed by atoms with Crippen molar-refractivity contribution in [1.82, 2.24) is 14.5 Å². The van der Waals surface area contributed by atoms with Crippen molar-refractivity contribution in [3.05, 3.63) is 84.9 Å². The van der Waals surface area contributed by atoms with Crippen molar-refractivity contribution in [3.8, 4) is 0 Å². The van der Waals surface area contributed by atoms with Gasteiger partial charge in [0.05, 0.1) is 24.8 Å². The van der Waals surface area contributed by atoms with Gasteiger partial charge in [-0.05, 0) is 35.8 Å². The molecule has 1 fully saturated rings. The number of hydrogen-bond donors (Lipinski definition) is 0. The molecule has 0 unspecified atom stereocenters. The predicted molar refractivity (Wildman–Crippen MR) is 153 cm³/mol. The summed E-state index contributed by atoms with van der Waals surface area (Å²) in [5.74, 6) is -0.391. The maximum atomic E-state index is 13.7. The van der Waals surface area contributed by atoms with Gasteiger partial charge in [-0.2, -0.15) is 0 Å². The van der Waals surface area contributed by atoms with Gasteiger partial charge in [0.2, 0.25) is 0 Å². The molecule has 39 heavy (non-hydrogen) atoms. The number of piperidine rings is 1. The number of imidazole rings is 1. The van der Waals surface area contributed by atoms with Crippen LogP contribution in [0.1, 0.15) is 32.3 Å². The number of thiocarbonyl (C=S) groups is 1. The number of benzene rings is 2. The zero-order valence-corrected chi connectivity index (χ0v) is 23.8. The molecular formula is C29H33N3O5S2. The zero-order chi connectivity index (χ0) is 27.8. The molecule has 4 atom stereocenters. The second-order valence-electron chi connectivity index (χ2n) is 9.64. The third-order valence-electron chi connectivity index (χ3n) is 6.63. The maximum Gasteiger partial charge on any atom is 0.410 e. The van der Waals surface area contributed by atoms with E-state index in [2.05, 4.69) is 18.8 Å². The van der Waals surface area contributed by atoms with Gasteiger partial charge in [0.15, 0.2) is 0 Å². The normalized spacial score (nSPS) is 20.9. The Morgan fingerprint density at radius 1 is 1.10 bits per heavy atom. The first-order valence-corrected chi connectivity index (χ1v) is 14.1. The lowest BCUT2D eigenvalue weighted by atomic mass is 9.85. The number of methoxy groups -OCH3 is 1. The highest BCUT2D eigenvalue weighted by atomic mass is 32.2. The van der Waals surface area contributed by atoms with E-state index in [-0.39, 0.29) is 35.4 Å². The first-order valence-electron chi connectivity index (χ1n) is 12.8. The summed E-state index contributed by atoms with van der Waals surface area (Å²) in [6.07, 6.45) is 4.46. The molecule has 0 bridgehead atoms. The van der Waals surface area contributed by atoms with E-state index in [0.717, 1.165) is 10.5 Å². The van der Waals surface area contributed by atoms with Crippen LogP contribution in [0.3, 0.4) is 0 Å². The molecule has 2 aromatic carbocycles. The molecule has 10 heteroatoms. The molecule has 4 rings (SSSR count). The summed E-state index contributed by atoms with van der Waals surface area (Å²) < 4.78 is 18.9. The molecule has 1 aromatic heterocycles. The molecule has 0 N–H and O–H groups in total. The maximum absolute atomic E-state index is 13.7. The summed E-state index contributed by atoms with van der Waals surface area (Å²) in [5.41, 5.74) is 0.885. The number of likely N-dealkylation sites (tertiary alicyclic amines) is 1. The smallest absolute Gasteiger partial charge is 0.410 e. The minimum absolute atomic E-state index is 0.0145. The van der Waals surface area contributed by atoms with Crippen molar-refractivity contribution < 1.29 is 23.8 Å². The lowest BCUT2D eigenvalue weighted by Gasteiger charge is -2.50. The first kappa shape index (κ1) is 28.6. The average Bonchev–Trinajstić information content (AvgIpc) is 3.49. The van der Waals surface area contributed by atoms with Crippen LogP contribution in [0.4, 0.5) is 4.79 Å². The second-order valence-corrected chi connectivity index (χ2v) is 11.2. The van der Waals surface area contributed by atoms with E-state index in [4.69, 9.17) is 26.4 Å². The Kier molecular flexibility index (Phi) is 10.00. The number of amides is 1. The van der Waals surface area contributed by atoms with Gasteiger partial charge in [-0.3, -0.25) is 14.3 Å². The zero-order valence-electron chi connectivity index (χ0n) is 22.2. The minimum Gasteiger partial charge on any atom is -0.469 e. The molecule has 2 heterocycles. The van der Waals surface area contributed by atoms with Crippen molar-refractivity contribution in [2.75, 3.05) is 7.11 Å². The number of thioether (sulfide) groups is 1. The molecule has 1 saturated heterocycles. The topological polar surface area (TPSA) is 82.9 Å². The van der Waals surface area contributed by atoms with Crippen molar-refractivity contribution in [1.29, 1.82) is 0 Å². The summed E-state index contributed by atoms with van der Waals surface area (Å²) in [6.45, 7) is 4.26. The number of ether oxygens (including phenoxy) is 3. The number of esters is 1. The van der Waals surface area contributed by atoms with Gasteiger partial charge in [0.25, 0.3) is 5.17 Å². The molecular weight excluding hydrogens is 534 g/mol. The fourth-order valence-corrected chi connectivity index (χ4v) is 6.60. The van der Waals surface area contributed by atoms with E-state index < -0.39 is 24.2 Å². The summed E-state index contributed by atoms with van der Waals surface area (Å²) in [7, 11) is 1.35. The average molecular weight is 568 g/mol. The van der Waals surface area contributed by atoms with E-state index >= 15 is 0 Å². The Bertz CT molecular complexity index is 1220. The fraction of sp³-hybridized carbons (Fsp3) is 0.379. The standard InChI is InChI=1S/C29H33N3O5S2/c1-20(2)26-27(39-23-12-8-5-9-13-23)24(37-29(38)31-15-14-30-19-31)16-22(17-25(33)35-3)32(26)28(34)36-18-21-10-6-4-7-11-21/h4-15,19-20,22,24,26-27H,16-18H2,1-3H3/t22-,24-,26-,27+/m0/s1. The molecule has 1 aliphatic heterocycles. The number of nitrogens with zero attached hydrogens (tertiary/aromatic N) is 3. The molecule has 1 aliphatic rings. The Balaban J connectivity index is 1.68. The minimum atomic E-state index is -0.503. The monoisotopic (exact) mass is 567 g/mol. The van der Waals surface area contributed by atoms with Crippen molar-refractivity contribution in [3.63, 3.8) is 0 Å². The van der Waals surface area contributed by atoms with E-state index in [1.54, 1.807) is 39.9 Å². The van der Waals surface area contributed by atoms with Crippen molar-refractivity contribution in [2.24, 2.45) is 5.92 Å². The van der Waals surface area contributed by atoms with Gasteiger partial charge >= 0.3 is 12.1 Å². The summed E-state index contributed by atoms with van der Waals surface area (Å²) in [6, 6.07) is 18.7. The van der Waals surface area contributed by atoms with Gasteiger partial charge in [0.1, 0.15) is 19.0 Å². The molecule has 0 saturated carbocycles. The molecule has 0 radical (unpaired) electrons. The number of aromatic nitrogens is 2. The van der Waals surface area contributed by atoms with Crippen LogP contribution in [0.2, 0.25) is 0 Å². The highest BCUT2D eigenvalue weighted by Gasteiger charge is 2.49. The third-order valence-corrected chi connectivity index (χ3v) is 8.34. The van der Waals surface area contributed by atoms with Crippen molar-refractivity contribution >= 4 is 41.2 Å². The van der Waals surface area contributed by atoms with Gasteiger partial charge in [-0.1, -0.05) is 62.4 Å². The molecule has 8 nitrogen and oxygen atoms in total. The van der Waals surface area contributed by atoms with Crippen LogP contribution in [-0.2, 0) is 25.6 Å². The molecule has 3 aromatic rings. The summed E-state index contributed by atoms with van der Waals surface area (Å²) >= 11 is 7.23. The lowest BCUT2D eigenvalue weighted by molar-refractivity contribution is -0.143. The first-order chi connectivity index (χ1) is 18.9. The van der Waals surface area contributed by atoms with Crippen LogP contribution in [0.15, 0.2) is 84.3 Å². The molecule has 1 amide bonds. The number of carbonyl (C=O) groups excluding carboxylic acids is 2. The van der Waals surface area contributed by atoms with Gasteiger partial charge in [0, 0.05) is 29.8 Å². The highest BCUT2D eigenvalue weighted by Crippen LogP contribution is 2.41. The molecule has 206 valence electrons. The van der Waals surface area contributed by atoms with Crippen LogP contribution >= 0.6 is 24.0 Å². The SMILES string of the molecule is COC(=O)C[C@@H]1C[C@H](OC(=S)n2ccnc2)[C@@H](Sc2ccccc2)[C@H](C(C)C)N1C(=O)OCc1ccccc1. The molecule has 0 spiro atoms. The van der Waals surface area contributed by atoms with Gasteiger partial charge in [-0.25, -0.2) is 9.78 Å². The van der Waals surface area contributed by atoms with E-state index in [1.165, 1.54) is 7.11 Å². The van der Waals surface area contributed by atoms with E-state index in [9.17, 15) is 9.59 Å². The Morgan fingerprint density at radius 2 is 1.79 bits per heavy atom. The van der Waals surface area contributed by atoms with Gasteiger partial charge < -0.3 is 14.2 Å². The van der Waals surface area contributed by atoms with Gasteiger partial charge in [-0.15, -0.1) is 11.8 Å². The summed E-state index contributed by atoms with van der Waals surface area (Å²) in [5, 5.41) is 0.0580. The van der Waals surface area contributed by atoms with E-state index in [1.807, 2.05) is 60.7 Å². The largest absolute Gasteiger partial charge is 0.469 e. The van der Waals surface area contributed by atoms with Crippen LogP contribution in [0, 0.1) is 5.92 Å². The van der Waals surface area contributed by atoms with Crippen LogP contribution in [0.5, 0.6) is 0 Å².